The van der Waals surface area contributed by atoms with Gasteiger partial charge in [0.25, 0.3) is 0 Å². The number of aromatic nitrogens is 3. The largest absolute Gasteiger partial charge is 0.439 e. The average Bonchev–Trinajstić information content (AvgIpc) is 3.08. The first-order valence-electron chi connectivity index (χ1n) is 6.56. The first-order valence-corrected chi connectivity index (χ1v) is 7.72. The van der Waals surface area contributed by atoms with Gasteiger partial charge in [-0.15, -0.1) is 0 Å². The highest BCUT2D eigenvalue weighted by atomic mass is 31.2. The number of nitrogens with zero attached hydrogens (tertiary/aromatic N) is 4. The van der Waals surface area contributed by atoms with E-state index in [1.807, 2.05) is 16.6 Å². The standard InChI is InChI=1S/C13H15N4OP/c1-2-4-13-12(3-1)8-16(7-11-5-6-11)19(18-13)17-10-14-9-15-17/h1-4,9-11H,5-8H2. The van der Waals surface area contributed by atoms with Crippen LogP contribution < -0.4 is 4.52 Å². The van der Waals surface area contributed by atoms with Gasteiger partial charge >= 0.3 is 8.45 Å². The van der Waals surface area contributed by atoms with E-state index in [4.69, 9.17) is 4.52 Å². The molecule has 6 heteroatoms. The number of rotatable bonds is 3. The van der Waals surface area contributed by atoms with Crippen LogP contribution in [0.4, 0.5) is 0 Å². The first-order chi connectivity index (χ1) is 9.40. The summed E-state index contributed by atoms with van der Waals surface area (Å²) in [7, 11) is -0.896. The number of hydrogen-bond donors (Lipinski definition) is 0. The zero-order valence-corrected chi connectivity index (χ0v) is 11.4. The second-order valence-corrected chi connectivity index (χ2v) is 6.72. The summed E-state index contributed by atoms with van der Waals surface area (Å²) in [5, 5.41) is 4.26. The predicted molar refractivity (Wildman–Crippen MR) is 72.5 cm³/mol. The van der Waals surface area contributed by atoms with Gasteiger partial charge in [0.1, 0.15) is 18.4 Å². The summed E-state index contributed by atoms with van der Waals surface area (Å²) in [6, 6.07) is 8.27. The van der Waals surface area contributed by atoms with Crippen LogP contribution in [0.1, 0.15) is 18.4 Å². The molecule has 0 bridgehead atoms. The number of fused-ring (bicyclic) bond motifs is 1. The number of para-hydroxylation sites is 1. The molecule has 4 rings (SSSR count). The zero-order valence-electron chi connectivity index (χ0n) is 10.5. The van der Waals surface area contributed by atoms with Gasteiger partial charge in [0.15, 0.2) is 0 Å². The Morgan fingerprint density at radius 3 is 3.00 bits per heavy atom. The van der Waals surface area contributed by atoms with Crippen LogP contribution in [0.5, 0.6) is 5.75 Å². The molecule has 1 aromatic heterocycles. The van der Waals surface area contributed by atoms with E-state index in [1.54, 1.807) is 12.7 Å². The molecule has 0 N–H and O–H groups in total. The van der Waals surface area contributed by atoms with E-state index in [9.17, 15) is 0 Å². The van der Waals surface area contributed by atoms with Gasteiger partial charge in [-0.25, -0.2) is 9.65 Å². The lowest BCUT2D eigenvalue weighted by molar-refractivity contribution is 0.353. The number of hydrogen-bond acceptors (Lipinski definition) is 4. The third-order valence-electron chi connectivity index (χ3n) is 3.50. The Bertz CT molecular complexity index is 570. The van der Waals surface area contributed by atoms with E-state index in [0.717, 1.165) is 24.8 Å². The summed E-state index contributed by atoms with van der Waals surface area (Å²) in [6.07, 6.45) is 6.01. The zero-order chi connectivity index (χ0) is 12.7. The second kappa shape index (κ2) is 4.58. The van der Waals surface area contributed by atoms with Gasteiger partial charge in [0.05, 0.1) is 0 Å². The van der Waals surface area contributed by atoms with Crippen LogP contribution in [0.25, 0.3) is 0 Å². The highest BCUT2D eigenvalue weighted by Gasteiger charge is 2.35. The van der Waals surface area contributed by atoms with Crippen molar-refractivity contribution in [2.75, 3.05) is 6.54 Å². The summed E-state index contributed by atoms with van der Waals surface area (Å²) in [4.78, 5) is 4.04. The molecular formula is C13H15N4OP. The molecule has 2 aromatic rings. The van der Waals surface area contributed by atoms with Crippen molar-refractivity contribution in [3.05, 3.63) is 42.5 Å². The van der Waals surface area contributed by atoms with Gasteiger partial charge in [-0.3, -0.25) is 0 Å². The van der Waals surface area contributed by atoms with Gasteiger partial charge < -0.3 is 4.52 Å². The maximum atomic E-state index is 6.17. The van der Waals surface area contributed by atoms with E-state index >= 15 is 0 Å². The lowest BCUT2D eigenvalue weighted by Gasteiger charge is -2.34. The van der Waals surface area contributed by atoms with Crippen molar-refractivity contribution in [3.63, 3.8) is 0 Å². The molecular weight excluding hydrogens is 259 g/mol. The van der Waals surface area contributed by atoms with Crippen LogP contribution in [0.2, 0.25) is 0 Å². The second-order valence-electron chi connectivity index (χ2n) is 5.06. The van der Waals surface area contributed by atoms with Gasteiger partial charge in [0, 0.05) is 18.7 Å². The first kappa shape index (κ1) is 11.4. The molecule has 1 aliphatic heterocycles. The van der Waals surface area contributed by atoms with Crippen molar-refractivity contribution in [2.24, 2.45) is 5.92 Å². The molecule has 2 heterocycles. The molecule has 5 nitrogen and oxygen atoms in total. The van der Waals surface area contributed by atoms with Gasteiger partial charge in [-0.1, -0.05) is 18.2 Å². The molecule has 0 radical (unpaired) electrons. The molecule has 1 fully saturated rings. The molecule has 1 unspecified atom stereocenters. The molecule has 0 saturated heterocycles. The topological polar surface area (TPSA) is 43.2 Å². The van der Waals surface area contributed by atoms with E-state index < -0.39 is 8.45 Å². The minimum atomic E-state index is -0.896. The van der Waals surface area contributed by atoms with Crippen molar-refractivity contribution in [1.29, 1.82) is 0 Å². The lowest BCUT2D eigenvalue weighted by Crippen LogP contribution is -2.29. The van der Waals surface area contributed by atoms with Crippen molar-refractivity contribution in [3.8, 4) is 5.75 Å². The van der Waals surface area contributed by atoms with E-state index in [1.165, 1.54) is 18.4 Å². The van der Waals surface area contributed by atoms with Crippen molar-refractivity contribution < 1.29 is 4.52 Å². The number of benzene rings is 1. The SMILES string of the molecule is c1ccc2c(c1)CN(CC1CC1)P(n1cncn1)O2. The highest BCUT2D eigenvalue weighted by Crippen LogP contribution is 2.50. The minimum Gasteiger partial charge on any atom is -0.439 e. The molecule has 98 valence electrons. The molecule has 1 atom stereocenters. The predicted octanol–water partition coefficient (Wildman–Crippen LogP) is 2.66. The van der Waals surface area contributed by atoms with Gasteiger partial charge in [-0.05, 0) is 24.8 Å². The molecule has 19 heavy (non-hydrogen) atoms. The van der Waals surface area contributed by atoms with E-state index in [-0.39, 0.29) is 0 Å². The van der Waals surface area contributed by atoms with Crippen LogP contribution in [-0.2, 0) is 6.54 Å². The van der Waals surface area contributed by atoms with Crippen LogP contribution >= 0.6 is 8.45 Å². The smallest absolute Gasteiger partial charge is 0.302 e. The fourth-order valence-electron chi connectivity index (χ4n) is 2.32. The Morgan fingerprint density at radius 2 is 2.21 bits per heavy atom. The Morgan fingerprint density at radius 1 is 1.32 bits per heavy atom. The molecule has 0 amide bonds. The molecule has 0 spiro atoms. The molecule has 2 aliphatic rings. The lowest BCUT2D eigenvalue weighted by atomic mass is 10.2. The Hall–Kier alpha value is -1.45. The van der Waals surface area contributed by atoms with Gasteiger partial charge in [0.2, 0.25) is 0 Å². The van der Waals surface area contributed by atoms with Gasteiger partial charge in [-0.2, -0.15) is 9.55 Å². The van der Waals surface area contributed by atoms with Crippen molar-refractivity contribution in [2.45, 2.75) is 19.4 Å². The summed E-state index contributed by atoms with van der Waals surface area (Å²) >= 11 is 0. The van der Waals surface area contributed by atoms with Crippen molar-refractivity contribution >= 4 is 8.45 Å². The quantitative estimate of drug-likeness (QED) is 0.807. The average molecular weight is 274 g/mol. The summed E-state index contributed by atoms with van der Waals surface area (Å²) in [5.41, 5.74) is 1.27. The van der Waals surface area contributed by atoms with Crippen LogP contribution in [0, 0.1) is 5.92 Å². The maximum Gasteiger partial charge on any atom is 0.302 e. The van der Waals surface area contributed by atoms with Crippen LogP contribution in [0.15, 0.2) is 36.9 Å². The third-order valence-corrected chi connectivity index (χ3v) is 5.20. The van der Waals surface area contributed by atoms with E-state index in [2.05, 4.69) is 26.9 Å². The molecule has 1 aromatic carbocycles. The van der Waals surface area contributed by atoms with Crippen LogP contribution in [0.3, 0.4) is 0 Å². The minimum absolute atomic E-state index is 0.836. The highest BCUT2D eigenvalue weighted by molar-refractivity contribution is 7.48. The van der Waals surface area contributed by atoms with E-state index in [0.29, 0.717) is 0 Å². The van der Waals surface area contributed by atoms with Crippen molar-refractivity contribution in [1.82, 2.24) is 19.2 Å². The maximum absolute atomic E-state index is 6.17. The monoisotopic (exact) mass is 274 g/mol. The van der Waals surface area contributed by atoms with Crippen LogP contribution in [-0.4, -0.2) is 25.8 Å². The third kappa shape index (κ3) is 2.24. The summed E-state index contributed by atoms with van der Waals surface area (Å²) in [5.74, 6) is 1.82. The Labute approximate surface area is 113 Å². The normalized spacial score (nSPS) is 22.8. The summed E-state index contributed by atoms with van der Waals surface area (Å²) in [6.45, 7) is 2.04. The molecule has 1 aliphatic carbocycles. The molecule has 1 saturated carbocycles. The Balaban J connectivity index is 1.66. The summed E-state index contributed by atoms with van der Waals surface area (Å²) < 4.78 is 10.4. The Kier molecular flexibility index (Phi) is 2.75. The fraction of sp³-hybridized carbons (Fsp3) is 0.385. The fourth-order valence-corrected chi connectivity index (χ4v) is 4.06.